The monoisotopic (exact) mass is 295 g/mol. The van der Waals surface area contributed by atoms with Crippen LogP contribution < -0.4 is 0 Å². The zero-order chi connectivity index (χ0) is 16.1. The van der Waals surface area contributed by atoms with Crippen LogP contribution >= 0.6 is 0 Å². The maximum atomic E-state index is 12.9. The van der Waals surface area contributed by atoms with Crippen molar-refractivity contribution in [1.29, 1.82) is 0 Å². The van der Waals surface area contributed by atoms with E-state index in [1.165, 1.54) is 6.47 Å². The van der Waals surface area contributed by atoms with Crippen molar-refractivity contribution in [3.8, 4) is 0 Å². The van der Waals surface area contributed by atoms with E-state index >= 15 is 0 Å². The van der Waals surface area contributed by atoms with E-state index < -0.39 is 22.6 Å². The molecule has 3 atom stereocenters. The Balaban J connectivity index is 2.40. The summed E-state index contributed by atoms with van der Waals surface area (Å²) in [5, 5.41) is 0. The van der Waals surface area contributed by atoms with Gasteiger partial charge in [0.1, 0.15) is 5.60 Å². The summed E-state index contributed by atoms with van der Waals surface area (Å²) in [6.45, 7) is 13.6. The second kappa shape index (κ2) is 4.72. The predicted octanol–water partition coefficient (Wildman–Crippen LogP) is 3.39. The van der Waals surface area contributed by atoms with Crippen molar-refractivity contribution in [2.45, 2.75) is 78.4 Å². The molecule has 0 heterocycles. The summed E-state index contributed by atoms with van der Waals surface area (Å²) in [5.41, 5.74) is -2.20. The van der Waals surface area contributed by atoms with Gasteiger partial charge in [0.05, 0.1) is 0 Å². The first-order chi connectivity index (χ1) is 9.56. The number of hydrogen-bond donors (Lipinski definition) is 0. The Morgan fingerprint density at radius 1 is 1.33 bits per heavy atom. The summed E-state index contributed by atoms with van der Waals surface area (Å²) in [6, 6.07) is 0. The molecule has 2 rings (SSSR count). The van der Waals surface area contributed by atoms with Crippen molar-refractivity contribution < 1.29 is 19.1 Å². The van der Waals surface area contributed by atoms with Crippen molar-refractivity contribution in [3.63, 3.8) is 0 Å². The van der Waals surface area contributed by atoms with Gasteiger partial charge >= 0.3 is 12.4 Å². The smallest absolute Gasteiger partial charge is 0.418 e. The molecule has 0 aromatic heterocycles. The largest absolute Gasteiger partial charge is 0.457 e. The molecular weight excluding hydrogens is 268 g/mol. The molecule has 0 spiro atoms. The molecule has 0 saturated heterocycles. The zero-order valence-electron chi connectivity index (χ0n) is 14.0. The molecule has 2 fully saturated rings. The summed E-state index contributed by atoms with van der Waals surface area (Å²) in [5.74, 6) is -0.0383. The third-order valence-corrected chi connectivity index (χ3v) is 6.63. The van der Waals surface area contributed by atoms with Crippen LogP contribution in [0.4, 0.5) is 0 Å². The lowest BCUT2D eigenvalue weighted by Gasteiger charge is -2.45. The first-order valence-corrected chi connectivity index (χ1v) is 7.85. The lowest BCUT2D eigenvalue weighted by atomic mass is 9.64. The molecule has 0 N–H and O–H groups in total. The number of ether oxygens (including phenoxy) is 2. The standard InChI is InChI=1S/C17H27O4/c1-7-14(2,3)21-13(19)17(20-11-18)10-12-8-9-16(17,6)15(12,4)5/h12H,7-10H2,1-6H3. The maximum Gasteiger partial charge on any atom is 0.418 e. The third-order valence-electron chi connectivity index (χ3n) is 6.63. The van der Waals surface area contributed by atoms with Crippen LogP contribution in [-0.2, 0) is 19.1 Å². The molecule has 0 aromatic rings. The van der Waals surface area contributed by atoms with Gasteiger partial charge in [0.2, 0.25) is 5.60 Å². The van der Waals surface area contributed by atoms with Gasteiger partial charge in [-0.1, -0.05) is 27.7 Å². The van der Waals surface area contributed by atoms with Gasteiger partial charge in [-0.3, -0.25) is 0 Å². The van der Waals surface area contributed by atoms with Gasteiger partial charge < -0.3 is 9.47 Å². The first kappa shape index (κ1) is 16.3. The summed E-state index contributed by atoms with van der Waals surface area (Å²) in [4.78, 5) is 23.9. The first-order valence-electron chi connectivity index (χ1n) is 7.85. The highest BCUT2D eigenvalue weighted by molar-refractivity contribution is 5.84. The molecule has 4 heteroatoms. The number of rotatable bonds is 5. The average Bonchev–Trinajstić information content (AvgIpc) is 2.70. The predicted molar refractivity (Wildman–Crippen MR) is 79.2 cm³/mol. The van der Waals surface area contributed by atoms with E-state index in [1.807, 2.05) is 20.8 Å². The maximum absolute atomic E-state index is 12.9. The normalized spacial score (nSPS) is 37.3. The van der Waals surface area contributed by atoms with Gasteiger partial charge in [-0.2, -0.15) is 0 Å². The lowest BCUT2D eigenvalue weighted by molar-refractivity contribution is -0.192. The third kappa shape index (κ3) is 2.01. The highest BCUT2D eigenvalue weighted by Gasteiger charge is 2.74. The molecule has 4 nitrogen and oxygen atoms in total. The summed E-state index contributed by atoms with van der Waals surface area (Å²) < 4.78 is 11.0. The van der Waals surface area contributed by atoms with Gasteiger partial charge in [-0.05, 0) is 44.4 Å². The van der Waals surface area contributed by atoms with Crippen LogP contribution in [0, 0.1) is 16.7 Å². The van der Waals surface area contributed by atoms with E-state index in [1.54, 1.807) is 0 Å². The molecule has 21 heavy (non-hydrogen) atoms. The average molecular weight is 295 g/mol. The Bertz CT molecular complexity index is 454. The Hall–Kier alpha value is -1.06. The topological polar surface area (TPSA) is 52.6 Å². The fourth-order valence-electron chi connectivity index (χ4n) is 4.23. The molecule has 119 valence electrons. The molecule has 2 aliphatic carbocycles. The SMILES string of the molecule is CCC(C)(C)OC(=O)C1(O[C]=O)CC2CCC1(C)C2(C)C. The van der Waals surface area contributed by atoms with Crippen LogP contribution in [0.15, 0.2) is 0 Å². The van der Waals surface area contributed by atoms with E-state index in [4.69, 9.17) is 9.47 Å². The van der Waals surface area contributed by atoms with Crippen molar-refractivity contribution in [3.05, 3.63) is 0 Å². The van der Waals surface area contributed by atoms with Crippen LogP contribution in [-0.4, -0.2) is 23.6 Å². The molecule has 0 amide bonds. The highest BCUT2D eigenvalue weighted by atomic mass is 16.6. The van der Waals surface area contributed by atoms with Crippen molar-refractivity contribution in [2.24, 2.45) is 16.7 Å². The molecule has 3 unspecified atom stereocenters. The number of hydrogen-bond acceptors (Lipinski definition) is 4. The summed E-state index contributed by atoms with van der Waals surface area (Å²) in [6.07, 6.45) is 3.19. The molecule has 0 aromatic carbocycles. The minimum Gasteiger partial charge on any atom is -0.457 e. The Kier molecular flexibility index (Phi) is 3.67. The van der Waals surface area contributed by atoms with Crippen LogP contribution in [0.1, 0.15) is 67.2 Å². The molecule has 1 radical (unpaired) electrons. The van der Waals surface area contributed by atoms with Gasteiger partial charge in [-0.15, -0.1) is 0 Å². The fourth-order valence-corrected chi connectivity index (χ4v) is 4.23. The summed E-state index contributed by atoms with van der Waals surface area (Å²) in [7, 11) is 0. The van der Waals surface area contributed by atoms with Gasteiger partial charge in [0.25, 0.3) is 0 Å². The fraction of sp³-hybridized carbons (Fsp3) is 0.882. The van der Waals surface area contributed by atoms with E-state index in [9.17, 15) is 9.59 Å². The van der Waals surface area contributed by atoms with Crippen LogP contribution in [0.3, 0.4) is 0 Å². The van der Waals surface area contributed by atoms with E-state index in [2.05, 4.69) is 20.8 Å². The van der Waals surface area contributed by atoms with Gasteiger partial charge in [-0.25, -0.2) is 9.59 Å². The second-order valence-electron chi connectivity index (χ2n) is 8.01. The molecule has 2 saturated carbocycles. The lowest BCUT2D eigenvalue weighted by Crippen LogP contribution is -2.56. The van der Waals surface area contributed by atoms with Crippen molar-refractivity contribution >= 4 is 12.4 Å². The molecular formula is C17H27O4. The van der Waals surface area contributed by atoms with Crippen LogP contribution in [0.2, 0.25) is 0 Å². The number of carbonyl (C=O) groups is 1. The number of fused-ring (bicyclic) bond motifs is 2. The molecule has 2 aliphatic rings. The Morgan fingerprint density at radius 3 is 2.33 bits per heavy atom. The van der Waals surface area contributed by atoms with E-state index in [-0.39, 0.29) is 5.41 Å². The van der Waals surface area contributed by atoms with E-state index in [0.717, 1.165) is 12.8 Å². The second-order valence-corrected chi connectivity index (χ2v) is 8.01. The van der Waals surface area contributed by atoms with Crippen molar-refractivity contribution in [2.75, 3.05) is 0 Å². The minimum absolute atomic E-state index is 0.0563. The zero-order valence-corrected chi connectivity index (χ0v) is 14.0. The number of esters is 1. The van der Waals surface area contributed by atoms with Crippen LogP contribution in [0.5, 0.6) is 0 Å². The van der Waals surface area contributed by atoms with Gasteiger partial charge in [0, 0.05) is 11.8 Å². The highest BCUT2D eigenvalue weighted by Crippen LogP contribution is 2.71. The Morgan fingerprint density at radius 2 is 1.95 bits per heavy atom. The van der Waals surface area contributed by atoms with E-state index in [0.29, 0.717) is 18.8 Å². The van der Waals surface area contributed by atoms with Crippen molar-refractivity contribution in [1.82, 2.24) is 0 Å². The molecule has 0 aliphatic heterocycles. The minimum atomic E-state index is -1.19. The molecule has 2 bridgehead atoms. The summed E-state index contributed by atoms with van der Waals surface area (Å²) >= 11 is 0. The quantitative estimate of drug-likeness (QED) is 0.730. The van der Waals surface area contributed by atoms with Gasteiger partial charge in [0.15, 0.2) is 0 Å². The Labute approximate surface area is 127 Å². The number of carbonyl (C=O) groups excluding carboxylic acids is 2. The van der Waals surface area contributed by atoms with Crippen LogP contribution in [0.25, 0.3) is 0 Å².